The van der Waals surface area contributed by atoms with Crippen molar-refractivity contribution < 1.29 is 33.3 Å². The van der Waals surface area contributed by atoms with Gasteiger partial charge in [-0.05, 0) is 55.3 Å². The van der Waals surface area contributed by atoms with Crippen molar-refractivity contribution in [2.75, 3.05) is 20.5 Å². The number of hydrogen-bond donors (Lipinski definition) is 0. The molecule has 0 N–H and O–H groups in total. The SMILES string of the molecule is CCOC(=O)C1=C(C)N=c2sc(=Cc3ccc4c(c3)OCO4)c(=O)n2[C@@H]1c1ccc(OC(C)=O)c(OC)c1. The predicted octanol–water partition coefficient (Wildman–Crippen LogP) is 2.46. The molecule has 2 aromatic carbocycles. The molecule has 1 aromatic heterocycles. The van der Waals surface area contributed by atoms with Crippen LogP contribution in [0.15, 0.2) is 57.5 Å². The van der Waals surface area contributed by atoms with Gasteiger partial charge in [0.05, 0.1) is 35.6 Å². The lowest BCUT2D eigenvalue weighted by atomic mass is 9.95. The van der Waals surface area contributed by atoms with E-state index in [0.29, 0.717) is 32.1 Å². The number of allylic oxidation sites excluding steroid dienone is 1. The maximum Gasteiger partial charge on any atom is 0.338 e. The molecule has 0 saturated carbocycles. The minimum absolute atomic E-state index is 0.149. The van der Waals surface area contributed by atoms with Crippen molar-refractivity contribution in [2.45, 2.75) is 26.8 Å². The van der Waals surface area contributed by atoms with Gasteiger partial charge in [-0.15, -0.1) is 0 Å². The van der Waals surface area contributed by atoms with Gasteiger partial charge in [-0.2, -0.15) is 0 Å². The summed E-state index contributed by atoms with van der Waals surface area (Å²) in [7, 11) is 1.44. The van der Waals surface area contributed by atoms with Gasteiger partial charge in [-0.3, -0.25) is 14.2 Å². The zero-order valence-corrected chi connectivity index (χ0v) is 21.9. The Morgan fingerprint density at radius 1 is 1.16 bits per heavy atom. The largest absolute Gasteiger partial charge is 0.493 e. The van der Waals surface area contributed by atoms with E-state index in [0.717, 1.165) is 5.56 Å². The Bertz CT molecular complexity index is 1670. The summed E-state index contributed by atoms with van der Waals surface area (Å²) in [5.41, 5.74) is 1.66. The second-order valence-electron chi connectivity index (χ2n) is 8.42. The van der Waals surface area contributed by atoms with E-state index >= 15 is 0 Å². The van der Waals surface area contributed by atoms with Gasteiger partial charge in [0.1, 0.15) is 0 Å². The normalized spacial score (nSPS) is 16.1. The fraction of sp³-hybridized carbons (Fsp3) is 0.259. The van der Waals surface area contributed by atoms with Crippen molar-refractivity contribution in [1.29, 1.82) is 0 Å². The van der Waals surface area contributed by atoms with Crippen molar-refractivity contribution in [3.05, 3.63) is 78.5 Å². The van der Waals surface area contributed by atoms with Crippen LogP contribution in [0, 0.1) is 0 Å². The summed E-state index contributed by atoms with van der Waals surface area (Å²) >= 11 is 1.21. The Morgan fingerprint density at radius 2 is 1.95 bits per heavy atom. The number of ether oxygens (including phenoxy) is 5. The standard InChI is InChI=1S/C27H24N2O8S/c1-5-34-26(32)23-14(2)28-27-29(24(23)17-7-9-19(37-15(3)30)20(12-17)33-4)25(31)22(38-27)11-16-6-8-18-21(10-16)36-13-35-18/h6-12,24H,5,13H2,1-4H3/t24-/m1/s1. The number of hydrogen-bond acceptors (Lipinski definition) is 10. The number of carbonyl (C=O) groups excluding carboxylic acids is 2. The quantitative estimate of drug-likeness (QED) is 0.349. The average Bonchev–Trinajstić information content (AvgIpc) is 3.47. The van der Waals surface area contributed by atoms with E-state index in [9.17, 15) is 14.4 Å². The first kappa shape index (κ1) is 25.3. The third-order valence-corrected chi connectivity index (χ3v) is 6.95. The molecule has 11 heteroatoms. The second-order valence-corrected chi connectivity index (χ2v) is 9.43. The van der Waals surface area contributed by atoms with Crippen LogP contribution in [0.5, 0.6) is 23.0 Å². The van der Waals surface area contributed by atoms with E-state index in [-0.39, 0.29) is 36.0 Å². The van der Waals surface area contributed by atoms with E-state index in [1.165, 1.54) is 29.9 Å². The molecule has 0 radical (unpaired) electrons. The van der Waals surface area contributed by atoms with Gasteiger partial charge in [0, 0.05) is 6.92 Å². The topological polar surface area (TPSA) is 115 Å². The molecular weight excluding hydrogens is 512 g/mol. The number of nitrogens with zero attached hydrogens (tertiary/aromatic N) is 2. The molecule has 196 valence electrons. The zero-order chi connectivity index (χ0) is 27.0. The van der Waals surface area contributed by atoms with Crippen molar-refractivity contribution in [1.82, 2.24) is 4.57 Å². The fourth-order valence-electron chi connectivity index (χ4n) is 4.35. The molecule has 38 heavy (non-hydrogen) atoms. The fourth-order valence-corrected chi connectivity index (χ4v) is 5.40. The van der Waals surface area contributed by atoms with Gasteiger partial charge in [-0.25, -0.2) is 9.79 Å². The highest BCUT2D eigenvalue weighted by atomic mass is 32.1. The number of carbonyl (C=O) groups is 2. The number of methoxy groups -OCH3 is 1. The summed E-state index contributed by atoms with van der Waals surface area (Å²) in [6.45, 7) is 5.01. The molecule has 0 saturated heterocycles. The first-order chi connectivity index (χ1) is 18.3. The van der Waals surface area contributed by atoms with Crippen molar-refractivity contribution in [3.63, 3.8) is 0 Å². The van der Waals surface area contributed by atoms with E-state index in [2.05, 4.69) is 4.99 Å². The molecule has 0 bridgehead atoms. The number of aromatic nitrogens is 1. The first-order valence-corrected chi connectivity index (χ1v) is 12.6. The Balaban J connectivity index is 1.69. The highest BCUT2D eigenvalue weighted by molar-refractivity contribution is 7.07. The van der Waals surface area contributed by atoms with E-state index in [1.807, 2.05) is 6.07 Å². The van der Waals surface area contributed by atoms with Crippen LogP contribution < -0.4 is 33.8 Å². The molecule has 2 aliphatic rings. The molecule has 3 heterocycles. The maximum atomic E-state index is 13.8. The minimum atomic E-state index is -0.843. The van der Waals surface area contributed by atoms with Gasteiger partial charge in [0.15, 0.2) is 27.8 Å². The monoisotopic (exact) mass is 536 g/mol. The molecule has 10 nitrogen and oxygen atoms in total. The molecule has 0 amide bonds. The Kier molecular flexibility index (Phi) is 6.77. The lowest BCUT2D eigenvalue weighted by molar-refractivity contribution is -0.139. The van der Waals surface area contributed by atoms with E-state index in [4.69, 9.17) is 23.7 Å². The summed E-state index contributed by atoms with van der Waals surface area (Å²) < 4.78 is 28.7. The van der Waals surface area contributed by atoms with Crippen molar-refractivity contribution >= 4 is 29.4 Å². The third-order valence-electron chi connectivity index (χ3n) is 5.97. The van der Waals surface area contributed by atoms with Crippen LogP contribution in [0.2, 0.25) is 0 Å². The van der Waals surface area contributed by atoms with Gasteiger partial charge >= 0.3 is 11.9 Å². The summed E-state index contributed by atoms with van der Waals surface area (Å²) in [5.74, 6) is 0.659. The second kappa shape index (κ2) is 10.2. The third kappa shape index (κ3) is 4.56. The zero-order valence-electron chi connectivity index (χ0n) is 21.1. The van der Waals surface area contributed by atoms with Gasteiger partial charge in [-0.1, -0.05) is 23.5 Å². The van der Waals surface area contributed by atoms with Crippen LogP contribution >= 0.6 is 11.3 Å². The Morgan fingerprint density at radius 3 is 2.68 bits per heavy atom. The Labute approximate surface area is 221 Å². The summed E-state index contributed by atoms with van der Waals surface area (Å²) in [6.07, 6.45) is 1.75. The minimum Gasteiger partial charge on any atom is -0.493 e. The predicted molar refractivity (Wildman–Crippen MR) is 137 cm³/mol. The lowest BCUT2D eigenvalue weighted by Gasteiger charge is -2.25. The summed E-state index contributed by atoms with van der Waals surface area (Å²) in [6, 6.07) is 9.45. The average molecular weight is 537 g/mol. The number of esters is 2. The number of rotatable bonds is 6. The smallest absolute Gasteiger partial charge is 0.338 e. The van der Waals surface area contributed by atoms with Crippen LogP contribution in [-0.4, -0.2) is 37.0 Å². The molecular formula is C27H24N2O8S. The molecule has 5 rings (SSSR count). The highest BCUT2D eigenvalue weighted by Gasteiger charge is 2.34. The number of fused-ring (bicyclic) bond motifs is 2. The molecule has 1 atom stereocenters. The van der Waals surface area contributed by atoms with Crippen LogP contribution in [0.1, 0.15) is 37.9 Å². The molecule has 3 aromatic rings. The van der Waals surface area contributed by atoms with Crippen LogP contribution in [0.25, 0.3) is 6.08 Å². The molecule has 0 unspecified atom stereocenters. The first-order valence-electron chi connectivity index (χ1n) is 11.8. The number of thiazole rings is 1. The van der Waals surface area contributed by atoms with Gasteiger partial charge < -0.3 is 23.7 Å². The molecule has 2 aliphatic heterocycles. The van der Waals surface area contributed by atoms with Crippen molar-refractivity contribution in [2.24, 2.45) is 4.99 Å². The molecule has 0 fully saturated rings. The lowest BCUT2D eigenvalue weighted by Crippen LogP contribution is -2.40. The maximum absolute atomic E-state index is 13.8. The summed E-state index contributed by atoms with van der Waals surface area (Å²) in [5, 5.41) is 0. The van der Waals surface area contributed by atoms with Crippen molar-refractivity contribution in [3.8, 4) is 23.0 Å². The Hall–Kier alpha value is -4.38. The van der Waals surface area contributed by atoms with Crippen LogP contribution in [0.3, 0.4) is 0 Å². The van der Waals surface area contributed by atoms with Gasteiger partial charge in [0.2, 0.25) is 6.79 Å². The number of benzene rings is 2. The van der Waals surface area contributed by atoms with Crippen LogP contribution in [-0.2, 0) is 14.3 Å². The van der Waals surface area contributed by atoms with Gasteiger partial charge in [0.25, 0.3) is 5.56 Å². The molecule has 0 aliphatic carbocycles. The van der Waals surface area contributed by atoms with E-state index < -0.39 is 18.0 Å². The van der Waals surface area contributed by atoms with E-state index in [1.54, 1.807) is 50.3 Å². The molecule has 0 spiro atoms. The highest BCUT2D eigenvalue weighted by Crippen LogP contribution is 2.36. The van der Waals surface area contributed by atoms with Crippen LogP contribution in [0.4, 0.5) is 0 Å². The summed E-state index contributed by atoms with van der Waals surface area (Å²) in [4.78, 5) is 43.4.